The number of nitrogens with zero attached hydrogens (tertiary/aromatic N) is 1. The normalized spacial score (nSPS) is 12.9. The van der Waals surface area contributed by atoms with Crippen LogP contribution in [-0.4, -0.2) is 53.0 Å². The molecule has 1 aromatic rings. The Hall–Kier alpha value is -1.80. The second-order valence-corrected chi connectivity index (χ2v) is 6.66. The lowest BCUT2D eigenvalue weighted by Crippen LogP contribution is -2.27. The summed E-state index contributed by atoms with van der Waals surface area (Å²) >= 11 is 0. The second kappa shape index (κ2) is 6.77. The highest BCUT2D eigenvalue weighted by molar-refractivity contribution is 7.89. The third-order valence-corrected chi connectivity index (χ3v) is 4.70. The molecule has 0 aliphatic heterocycles. The molecule has 0 amide bonds. The third kappa shape index (κ3) is 3.85. The Bertz CT molecular complexity index is 613. The van der Waals surface area contributed by atoms with Crippen LogP contribution in [0.1, 0.15) is 6.92 Å². The van der Waals surface area contributed by atoms with Crippen molar-refractivity contribution in [1.29, 1.82) is 0 Å². The van der Waals surface area contributed by atoms with Crippen molar-refractivity contribution < 1.29 is 22.7 Å². The molecule has 0 fully saturated rings. The lowest BCUT2D eigenvalue weighted by molar-refractivity contribution is -0.141. The van der Waals surface area contributed by atoms with Gasteiger partial charge in [0, 0.05) is 19.8 Å². The molecule has 1 atom stereocenters. The number of carbonyl (C=O) groups is 1. The van der Waals surface area contributed by atoms with Crippen LogP contribution in [0.4, 0.5) is 5.69 Å². The Balaban J connectivity index is 3.21. The molecule has 8 heteroatoms. The van der Waals surface area contributed by atoms with E-state index in [9.17, 15) is 13.2 Å². The van der Waals surface area contributed by atoms with Gasteiger partial charge in [0.25, 0.3) is 0 Å². The quantitative estimate of drug-likeness (QED) is 0.786. The lowest BCUT2D eigenvalue weighted by atomic mass is 10.2. The van der Waals surface area contributed by atoms with E-state index >= 15 is 0 Å². The number of esters is 1. The number of hydrogen-bond acceptors (Lipinski definition) is 6. The molecule has 0 bridgehead atoms. The number of sulfonamides is 1. The molecule has 1 rings (SSSR count). The van der Waals surface area contributed by atoms with Gasteiger partial charge in [-0.15, -0.1) is 0 Å². The van der Waals surface area contributed by atoms with E-state index in [0.717, 1.165) is 4.31 Å². The molecule has 0 saturated carbocycles. The van der Waals surface area contributed by atoms with Gasteiger partial charge in [0.05, 0.1) is 14.2 Å². The Morgan fingerprint density at radius 2 is 1.90 bits per heavy atom. The predicted molar refractivity (Wildman–Crippen MR) is 79.0 cm³/mol. The minimum absolute atomic E-state index is 0.0251. The summed E-state index contributed by atoms with van der Waals surface area (Å²) in [4.78, 5) is 11.4. The Kier molecular flexibility index (Phi) is 5.56. The van der Waals surface area contributed by atoms with Gasteiger partial charge in [0.1, 0.15) is 16.7 Å². The molecule has 0 saturated heterocycles. The van der Waals surface area contributed by atoms with Gasteiger partial charge in [-0.3, -0.25) is 0 Å². The van der Waals surface area contributed by atoms with Gasteiger partial charge >= 0.3 is 5.97 Å². The summed E-state index contributed by atoms with van der Waals surface area (Å²) in [5.41, 5.74) is 0.481. The summed E-state index contributed by atoms with van der Waals surface area (Å²) in [5, 5.41) is 2.88. The van der Waals surface area contributed by atoms with Crippen LogP contribution in [0.15, 0.2) is 23.1 Å². The zero-order valence-electron chi connectivity index (χ0n) is 12.7. The first kappa shape index (κ1) is 17.3. The molecule has 0 aromatic heterocycles. The molecule has 0 radical (unpaired) electrons. The predicted octanol–water partition coefficient (Wildman–Crippen LogP) is 0.919. The minimum Gasteiger partial charge on any atom is -0.495 e. The van der Waals surface area contributed by atoms with Crippen LogP contribution in [0.5, 0.6) is 5.75 Å². The molecule has 1 aromatic carbocycles. The van der Waals surface area contributed by atoms with Crippen molar-refractivity contribution >= 4 is 21.7 Å². The average Bonchev–Trinajstić information content (AvgIpc) is 2.45. The van der Waals surface area contributed by atoms with Crippen molar-refractivity contribution in [2.45, 2.75) is 17.9 Å². The van der Waals surface area contributed by atoms with Gasteiger partial charge in [-0.25, -0.2) is 17.5 Å². The van der Waals surface area contributed by atoms with Gasteiger partial charge in [-0.05, 0) is 25.1 Å². The van der Waals surface area contributed by atoms with E-state index in [2.05, 4.69) is 10.1 Å². The van der Waals surface area contributed by atoms with Gasteiger partial charge < -0.3 is 14.8 Å². The first-order chi connectivity index (χ1) is 9.73. The zero-order chi connectivity index (χ0) is 16.2. The molecule has 0 spiro atoms. The Morgan fingerprint density at radius 1 is 1.29 bits per heavy atom. The summed E-state index contributed by atoms with van der Waals surface area (Å²) in [6, 6.07) is 3.99. The minimum atomic E-state index is -3.65. The number of methoxy groups -OCH3 is 2. The van der Waals surface area contributed by atoms with Crippen LogP contribution >= 0.6 is 0 Å². The molecular weight excluding hydrogens is 296 g/mol. The van der Waals surface area contributed by atoms with Crippen LogP contribution in [-0.2, 0) is 19.6 Å². The topological polar surface area (TPSA) is 84.9 Å². The molecular formula is C13H20N2O5S. The van der Waals surface area contributed by atoms with Gasteiger partial charge in [-0.2, -0.15) is 0 Å². The van der Waals surface area contributed by atoms with Gasteiger partial charge in [-0.1, -0.05) is 0 Å². The van der Waals surface area contributed by atoms with Crippen LogP contribution in [0.2, 0.25) is 0 Å². The number of benzene rings is 1. The van der Waals surface area contributed by atoms with E-state index in [1.807, 2.05) is 0 Å². The number of ether oxygens (including phenoxy) is 2. The van der Waals surface area contributed by atoms with Crippen molar-refractivity contribution in [2.75, 3.05) is 33.6 Å². The SMILES string of the molecule is COC(=O)[C@@H](C)Nc1ccc(OC)c(S(=O)(=O)N(C)C)c1. The first-order valence-electron chi connectivity index (χ1n) is 6.19. The van der Waals surface area contributed by atoms with Crippen molar-refractivity contribution in [2.24, 2.45) is 0 Å². The van der Waals surface area contributed by atoms with E-state index in [4.69, 9.17) is 4.74 Å². The largest absolute Gasteiger partial charge is 0.495 e. The zero-order valence-corrected chi connectivity index (χ0v) is 13.5. The van der Waals surface area contributed by atoms with E-state index in [1.54, 1.807) is 13.0 Å². The summed E-state index contributed by atoms with van der Waals surface area (Å²) in [6.07, 6.45) is 0. The third-order valence-electron chi connectivity index (χ3n) is 2.86. The first-order valence-corrected chi connectivity index (χ1v) is 7.63. The molecule has 118 valence electrons. The van der Waals surface area contributed by atoms with E-state index in [-0.39, 0.29) is 10.6 Å². The maximum atomic E-state index is 12.3. The Labute approximate surface area is 124 Å². The monoisotopic (exact) mass is 316 g/mol. The van der Waals surface area contributed by atoms with Crippen LogP contribution in [0.3, 0.4) is 0 Å². The maximum Gasteiger partial charge on any atom is 0.327 e. The lowest BCUT2D eigenvalue weighted by Gasteiger charge is -2.17. The van der Waals surface area contributed by atoms with E-state index in [0.29, 0.717) is 5.69 Å². The molecule has 21 heavy (non-hydrogen) atoms. The number of hydrogen-bond donors (Lipinski definition) is 1. The number of rotatable bonds is 6. The number of nitrogens with one attached hydrogen (secondary N) is 1. The van der Waals surface area contributed by atoms with Crippen molar-refractivity contribution in [3.8, 4) is 5.75 Å². The molecule has 7 nitrogen and oxygen atoms in total. The standard InChI is InChI=1S/C13H20N2O5S/c1-9(13(16)20-5)14-10-6-7-11(19-4)12(8-10)21(17,18)15(2)3/h6-9,14H,1-5H3/t9-/m1/s1. The van der Waals surface area contributed by atoms with Gasteiger partial charge in [0.15, 0.2) is 0 Å². The van der Waals surface area contributed by atoms with E-state index < -0.39 is 22.0 Å². The fourth-order valence-electron chi connectivity index (χ4n) is 1.65. The highest BCUT2D eigenvalue weighted by Gasteiger charge is 2.23. The van der Waals surface area contributed by atoms with Crippen molar-refractivity contribution in [3.05, 3.63) is 18.2 Å². The van der Waals surface area contributed by atoms with Crippen molar-refractivity contribution in [1.82, 2.24) is 4.31 Å². The fourth-order valence-corrected chi connectivity index (χ4v) is 2.73. The maximum absolute atomic E-state index is 12.3. The highest BCUT2D eigenvalue weighted by atomic mass is 32.2. The summed E-state index contributed by atoms with van der Waals surface area (Å²) in [6.45, 7) is 1.62. The summed E-state index contributed by atoms with van der Waals surface area (Å²) in [5.74, 6) is -0.206. The highest BCUT2D eigenvalue weighted by Crippen LogP contribution is 2.29. The molecule has 1 N–H and O–H groups in total. The number of carbonyl (C=O) groups excluding carboxylic acids is 1. The molecule has 0 aliphatic carbocycles. The molecule has 0 unspecified atom stereocenters. The molecule has 0 heterocycles. The average molecular weight is 316 g/mol. The van der Waals surface area contributed by atoms with Crippen LogP contribution < -0.4 is 10.1 Å². The fraction of sp³-hybridized carbons (Fsp3) is 0.462. The van der Waals surface area contributed by atoms with E-state index in [1.165, 1.54) is 40.4 Å². The van der Waals surface area contributed by atoms with Crippen LogP contribution in [0, 0.1) is 0 Å². The summed E-state index contributed by atoms with van der Waals surface area (Å²) in [7, 11) is 1.91. The summed E-state index contributed by atoms with van der Waals surface area (Å²) < 4.78 is 35.3. The second-order valence-electron chi connectivity index (χ2n) is 4.54. The van der Waals surface area contributed by atoms with Crippen LogP contribution in [0.25, 0.3) is 0 Å². The number of anilines is 1. The van der Waals surface area contributed by atoms with Gasteiger partial charge in [0.2, 0.25) is 10.0 Å². The van der Waals surface area contributed by atoms with Crippen molar-refractivity contribution in [3.63, 3.8) is 0 Å². The Morgan fingerprint density at radius 3 is 2.38 bits per heavy atom. The molecule has 0 aliphatic rings. The smallest absolute Gasteiger partial charge is 0.327 e.